The number of rotatable bonds is 6. The maximum atomic E-state index is 13.6. The van der Waals surface area contributed by atoms with E-state index >= 15 is 0 Å². The molecule has 0 radical (unpaired) electrons. The summed E-state index contributed by atoms with van der Waals surface area (Å²) in [6.45, 7) is 0.678. The Morgan fingerprint density at radius 3 is 2.35 bits per heavy atom. The Hall–Kier alpha value is -2.99. The van der Waals surface area contributed by atoms with Crippen LogP contribution in [0, 0.1) is 5.82 Å². The minimum atomic E-state index is -0.585. The second-order valence-corrected chi connectivity index (χ2v) is 5.98. The smallest absolute Gasteiger partial charge is 0.259 e. The monoisotopic (exact) mass is 370 g/mol. The molecular weight excluding hydrogens is 355 g/mol. The van der Waals surface area contributed by atoms with E-state index < -0.39 is 11.7 Å². The summed E-state index contributed by atoms with van der Waals surface area (Å²) in [5.41, 5.74) is 1.11. The molecule has 1 aromatic heterocycles. The van der Waals surface area contributed by atoms with Crippen molar-refractivity contribution in [3.63, 3.8) is 0 Å². The molecule has 0 fully saturated rings. The summed E-state index contributed by atoms with van der Waals surface area (Å²) in [4.78, 5) is 12.0. The fraction of sp³-hybridized carbons (Fsp3) is 0.105. The Balaban J connectivity index is 1.52. The number of hydrogen-bond acceptors (Lipinski definition) is 4. The van der Waals surface area contributed by atoms with Crippen LogP contribution in [0.3, 0.4) is 0 Å². The lowest BCUT2D eigenvalue weighted by atomic mass is 10.1. The van der Waals surface area contributed by atoms with E-state index in [1.807, 2.05) is 24.3 Å². The van der Waals surface area contributed by atoms with Crippen LogP contribution in [-0.4, -0.2) is 22.6 Å². The third kappa shape index (κ3) is 4.77. The molecule has 7 heteroatoms. The number of amides is 1. The number of carbonyl (C=O) groups excluding carboxylic acids is 1. The lowest BCUT2D eigenvalue weighted by Gasteiger charge is -2.07. The van der Waals surface area contributed by atoms with E-state index in [1.54, 1.807) is 18.2 Å². The minimum absolute atomic E-state index is 0.0422. The molecule has 132 valence electrons. The molecule has 1 heterocycles. The molecule has 3 rings (SSSR count). The molecule has 2 N–H and O–H groups in total. The zero-order valence-corrected chi connectivity index (χ0v) is 14.5. The zero-order chi connectivity index (χ0) is 18.4. The molecule has 1 amide bonds. The molecule has 0 saturated heterocycles. The summed E-state index contributed by atoms with van der Waals surface area (Å²) < 4.78 is 13.6. The summed E-state index contributed by atoms with van der Waals surface area (Å²) in [6.07, 6.45) is 0.810. The number of nitrogens with one attached hydrogen (secondary N) is 2. The number of nitrogens with zero attached hydrogens (tertiary/aromatic N) is 2. The van der Waals surface area contributed by atoms with Gasteiger partial charge >= 0.3 is 0 Å². The first-order valence-corrected chi connectivity index (χ1v) is 8.37. The molecule has 26 heavy (non-hydrogen) atoms. The highest BCUT2D eigenvalue weighted by Crippen LogP contribution is 2.12. The predicted octanol–water partition coefficient (Wildman–Crippen LogP) is 4.18. The summed E-state index contributed by atoms with van der Waals surface area (Å²) >= 11 is 5.86. The first-order chi connectivity index (χ1) is 12.6. The van der Waals surface area contributed by atoms with Gasteiger partial charge in [0.05, 0.1) is 5.56 Å². The van der Waals surface area contributed by atoms with Gasteiger partial charge < -0.3 is 10.6 Å². The van der Waals surface area contributed by atoms with Crippen LogP contribution in [0.25, 0.3) is 0 Å². The Kier molecular flexibility index (Phi) is 5.76. The van der Waals surface area contributed by atoms with Crippen LogP contribution < -0.4 is 10.6 Å². The third-order valence-electron chi connectivity index (χ3n) is 3.66. The first kappa shape index (κ1) is 17.8. The maximum absolute atomic E-state index is 13.6. The predicted molar refractivity (Wildman–Crippen MR) is 100 cm³/mol. The van der Waals surface area contributed by atoms with Crippen molar-refractivity contribution in [2.75, 3.05) is 17.2 Å². The number of carbonyl (C=O) groups is 1. The fourth-order valence-corrected chi connectivity index (χ4v) is 2.43. The molecular formula is C19H16ClFN4O. The van der Waals surface area contributed by atoms with Crippen molar-refractivity contribution in [3.05, 3.63) is 82.6 Å². The Labute approximate surface area is 155 Å². The van der Waals surface area contributed by atoms with E-state index in [2.05, 4.69) is 20.8 Å². The van der Waals surface area contributed by atoms with Gasteiger partial charge in [0.2, 0.25) is 0 Å². The molecule has 0 atom stereocenters. The molecule has 0 aliphatic heterocycles. The summed E-state index contributed by atoms with van der Waals surface area (Å²) in [6, 6.07) is 16.7. The van der Waals surface area contributed by atoms with E-state index in [1.165, 1.54) is 18.2 Å². The number of anilines is 2. The van der Waals surface area contributed by atoms with Crippen LogP contribution in [0.5, 0.6) is 0 Å². The average molecular weight is 371 g/mol. The van der Waals surface area contributed by atoms with Gasteiger partial charge in [0, 0.05) is 11.6 Å². The van der Waals surface area contributed by atoms with Gasteiger partial charge in [-0.2, -0.15) is 0 Å². The minimum Gasteiger partial charge on any atom is -0.368 e. The number of benzene rings is 2. The summed E-state index contributed by atoms with van der Waals surface area (Å²) in [7, 11) is 0. The standard InChI is InChI=1S/C19H16ClFN4O/c20-14-7-5-13(6-8-14)11-12-22-17-9-10-18(25-24-17)23-19(26)15-3-1-2-4-16(15)21/h1-10H,11-12H2,(H,22,24)(H,23,25,26). The SMILES string of the molecule is O=C(Nc1ccc(NCCc2ccc(Cl)cc2)nn1)c1ccccc1F. The lowest BCUT2D eigenvalue weighted by Crippen LogP contribution is -2.15. The third-order valence-corrected chi connectivity index (χ3v) is 3.91. The van der Waals surface area contributed by atoms with Gasteiger partial charge in [0.1, 0.15) is 11.6 Å². The van der Waals surface area contributed by atoms with Crippen molar-refractivity contribution in [2.45, 2.75) is 6.42 Å². The van der Waals surface area contributed by atoms with Crippen LogP contribution >= 0.6 is 11.6 Å². The van der Waals surface area contributed by atoms with Gasteiger partial charge in [-0.05, 0) is 48.4 Å². The summed E-state index contributed by atoms with van der Waals surface area (Å²) in [5, 5.41) is 14.3. The van der Waals surface area contributed by atoms with Crippen molar-refractivity contribution >= 4 is 29.1 Å². The lowest BCUT2D eigenvalue weighted by molar-refractivity contribution is 0.102. The van der Waals surface area contributed by atoms with Gasteiger partial charge in [0.25, 0.3) is 5.91 Å². The van der Waals surface area contributed by atoms with Crippen molar-refractivity contribution in [2.24, 2.45) is 0 Å². The quantitative estimate of drug-likeness (QED) is 0.683. The van der Waals surface area contributed by atoms with Gasteiger partial charge in [-0.1, -0.05) is 35.9 Å². The van der Waals surface area contributed by atoms with Crippen molar-refractivity contribution in [1.29, 1.82) is 0 Å². The molecule has 0 spiro atoms. The Morgan fingerprint density at radius 2 is 1.65 bits per heavy atom. The highest BCUT2D eigenvalue weighted by Gasteiger charge is 2.11. The molecule has 0 aliphatic rings. The zero-order valence-electron chi connectivity index (χ0n) is 13.7. The Morgan fingerprint density at radius 1 is 0.962 bits per heavy atom. The fourth-order valence-electron chi connectivity index (χ4n) is 2.31. The van der Waals surface area contributed by atoms with Crippen LogP contribution in [-0.2, 0) is 6.42 Å². The molecule has 5 nitrogen and oxygen atoms in total. The van der Waals surface area contributed by atoms with Gasteiger partial charge in [0.15, 0.2) is 5.82 Å². The van der Waals surface area contributed by atoms with Crippen LogP contribution in [0.1, 0.15) is 15.9 Å². The largest absolute Gasteiger partial charge is 0.368 e. The van der Waals surface area contributed by atoms with Crippen molar-refractivity contribution in [3.8, 4) is 0 Å². The highest BCUT2D eigenvalue weighted by atomic mass is 35.5. The number of aromatic nitrogens is 2. The maximum Gasteiger partial charge on any atom is 0.259 e. The normalized spacial score (nSPS) is 10.4. The van der Waals surface area contributed by atoms with Crippen molar-refractivity contribution < 1.29 is 9.18 Å². The second-order valence-electron chi connectivity index (χ2n) is 5.54. The van der Waals surface area contributed by atoms with Gasteiger partial charge in [-0.15, -0.1) is 10.2 Å². The molecule has 0 bridgehead atoms. The van der Waals surface area contributed by atoms with Crippen LogP contribution in [0.2, 0.25) is 5.02 Å². The first-order valence-electron chi connectivity index (χ1n) is 8.00. The van der Waals surface area contributed by atoms with Crippen LogP contribution in [0.15, 0.2) is 60.7 Å². The summed E-state index contributed by atoms with van der Waals surface area (Å²) in [5.74, 6) is -0.316. The van der Waals surface area contributed by atoms with Gasteiger partial charge in [-0.25, -0.2) is 4.39 Å². The molecule has 2 aromatic carbocycles. The Bertz CT molecular complexity index is 885. The van der Waals surface area contributed by atoms with E-state index in [9.17, 15) is 9.18 Å². The van der Waals surface area contributed by atoms with E-state index in [4.69, 9.17) is 11.6 Å². The highest BCUT2D eigenvalue weighted by molar-refractivity contribution is 6.30. The van der Waals surface area contributed by atoms with E-state index in [-0.39, 0.29) is 11.4 Å². The van der Waals surface area contributed by atoms with Crippen LogP contribution in [0.4, 0.5) is 16.0 Å². The number of hydrogen-bond donors (Lipinski definition) is 2. The average Bonchev–Trinajstić information content (AvgIpc) is 2.65. The molecule has 3 aromatic rings. The molecule has 0 unspecified atom stereocenters. The molecule has 0 saturated carbocycles. The van der Waals surface area contributed by atoms with E-state index in [0.29, 0.717) is 17.4 Å². The number of halogens is 2. The topological polar surface area (TPSA) is 66.9 Å². The second kappa shape index (κ2) is 8.40. The molecule has 0 aliphatic carbocycles. The van der Waals surface area contributed by atoms with Gasteiger partial charge in [-0.3, -0.25) is 4.79 Å². The van der Waals surface area contributed by atoms with E-state index in [0.717, 1.165) is 12.0 Å². The van der Waals surface area contributed by atoms with Crippen molar-refractivity contribution in [1.82, 2.24) is 10.2 Å².